The highest BCUT2D eigenvalue weighted by atomic mass is 28.4. The maximum absolute atomic E-state index is 13.8. The van der Waals surface area contributed by atoms with E-state index >= 15 is 0 Å². The minimum absolute atomic E-state index is 0.113. The molecule has 0 saturated heterocycles. The Hall–Kier alpha value is -2.08. The van der Waals surface area contributed by atoms with Gasteiger partial charge >= 0.3 is 0 Å². The van der Waals surface area contributed by atoms with Gasteiger partial charge in [0.1, 0.15) is 5.75 Å². The van der Waals surface area contributed by atoms with Gasteiger partial charge in [0, 0.05) is 23.5 Å². The zero-order valence-corrected chi connectivity index (χ0v) is 16.5. The first-order valence-corrected chi connectivity index (χ1v) is 11.0. The Bertz CT molecular complexity index is 717. The SMILES string of the molecule is COc1c(F)cc(Nc2ccc(O[Si](C)(C)C(C)(C)C)cc2)cc1F. The van der Waals surface area contributed by atoms with Gasteiger partial charge in [-0.25, -0.2) is 8.78 Å². The smallest absolute Gasteiger partial charge is 0.250 e. The maximum atomic E-state index is 13.8. The van der Waals surface area contributed by atoms with Gasteiger partial charge in [0.2, 0.25) is 8.32 Å². The van der Waals surface area contributed by atoms with Crippen molar-refractivity contribution in [1.82, 2.24) is 0 Å². The predicted molar refractivity (Wildman–Crippen MR) is 100 cm³/mol. The average Bonchev–Trinajstić information content (AvgIpc) is 2.47. The number of rotatable bonds is 5. The highest BCUT2D eigenvalue weighted by molar-refractivity contribution is 6.74. The van der Waals surface area contributed by atoms with Crippen molar-refractivity contribution < 1.29 is 17.9 Å². The molecule has 2 aromatic carbocycles. The highest BCUT2D eigenvalue weighted by Crippen LogP contribution is 2.37. The van der Waals surface area contributed by atoms with Crippen LogP contribution in [0.25, 0.3) is 0 Å². The van der Waals surface area contributed by atoms with Gasteiger partial charge in [-0.1, -0.05) is 20.8 Å². The zero-order chi connectivity index (χ0) is 18.8. The van der Waals surface area contributed by atoms with E-state index < -0.39 is 20.0 Å². The van der Waals surface area contributed by atoms with Gasteiger partial charge in [-0.05, 0) is 42.4 Å². The lowest BCUT2D eigenvalue weighted by Gasteiger charge is -2.36. The van der Waals surface area contributed by atoms with E-state index in [0.29, 0.717) is 11.4 Å². The van der Waals surface area contributed by atoms with Gasteiger partial charge in [0.15, 0.2) is 17.4 Å². The van der Waals surface area contributed by atoms with Crippen LogP contribution in [0.4, 0.5) is 20.2 Å². The molecule has 2 aromatic rings. The molecule has 0 fully saturated rings. The molecule has 0 radical (unpaired) electrons. The average molecular weight is 365 g/mol. The summed E-state index contributed by atoms with van der Waals surface area (Å²) in [6, 6.07) is 9.76. The van der Waals surface area contributed by atoms with Crippen molar-refractivity contribution >= 4 is 19.7 Å². The Kier molecular flexibility index (Phi) is 5.42. The molecule has 2 rings (SSSR count). The molecular weight excluding hydrogens is 340 g/mol. The van der Waals surface area contributed by atoms with Crippen LogP contribution in [0.2, 0.25) is 18.1 Å². The molecule has 0 amide bonds. The fourth-order valence-electron chi connectivity index (χ4n) is 2.05. The Morgan fingerprint density at radius 3 is 1.88 bits per heavy atom. The normalized spacial score (nSPS) is 12.0. The van der Waals surface area contributed by atoms with Crippen molar-refractivity contribution in [3.8, 4) is 11.5 Å². The second kappa shape index (κ2) is 7.04. The minimum atomic E-state index is -1.90. The molecule has 0 saturated carbocycles. The van der Waals surface area contributed by atoms with Gasteiger partial charge in [-0.3, -0.25) is 0 Å². The van der Waals surface area contributed by atoms with Crippen LogP contribution in [0.5, 0.6) is 11.5 Å². The summed E-state index contributed by atoms with van der Waals surface area (Å²) >= 11 is 0. The van der Waals surface area contributed by atoms with Crippen molar-refractivity contribution in [2.75, 3.05) is 12.4 Å². The summed E-state index contributed by atoms with van der Waals surface area (Å²) in [5.41, 5.74) is 1.03. The monoisotopic (exact) mass is 365 g/mol. The third-order valence-corrected chi connectivity index (χ3v) is 8.88. The maximum Gasteiger partial charge on any atom is 0.250 e. The van der Waals surface area contributed by atoms with Crippen LogP contribution in [0.1, 0.15) is 20.8 Å². The van der Waals surface area contributed by atoms with Gasteiger partial charge in [-0.15, -0.1) is 0 Å². The molecule has 0 aromatic heterocycles. The first-order valence-electron chi connectivity index (χ1n) is 8.12. The van der Waals surface area contributed by atoms with Crippen LogP contribution < -0.4 is 14.5 Å². The number of hydrogen-bond acceptors (Lipinski definition) is 3. The Balaban J connectivity index is 2.14. The van der Waals surface area contributed by atoms with E-state index in [0.717, 1.165) is 5.75 Å². The van der Waals surface area contributed by atoms with Gasteiger partial charge in [0.05, 0.1) is 7.11 Å². The van der Waals surface area contributed by atoms with Crippen LogP contribution >= 0.6 is 0 Å². The van der Waals surface area contributed by atoms with E-state index in [-0.39, 0.29) is 10.8 Å². The van der Waals surface area contributed by atoms with E-state index in [2.05, 4.69) is 43.9 Å². The summed E-state index contributed by atoms with van der Waals surface area (Å²) in [4.78, 5) is 0. The number of methoxy groups -OCH3 is 1. The summed E-state index contributed by atoms with van der Waals surface area (Å²) in [5.74, 6) is -1.08. The molecule has 1 N–H and O–H groups in total. The van der Waals surface area contributed by atoms with E-state index in [4.69, 9.17) is 4.43 Å². The third-order valence-electron chi connectivity index (χ3n) is 4.52. The molecule has 3 nitrogen and oxygen atoms in total. The summed E-state index contributed by atoms with van der Waals surface area (Å²) in [6.07, 6.45) is 0. The second-order valence-corrected chi connectivity index (χ2v) is 12.2. The number of benzene rings is 2. The summed E-state index contributed by atoms with van der Waals surface area (Å²) < 4.78 is 38.4. The molecule has 0 aliphatic rings. The fourth-order valence-corrected chi connectivity index (χ4v) is 3.08. The number of halogens is 2. The lowest BCUT2D eigenvalue weighted by atomic mass is 10.2. The van der Waals surface area contributed by atoms with Crippen LogP contribution in [-0.2, 0) is 0 Å². The molecule has 0 atom stereocenters. The van der Waals surface area contributed by atoms with Crippen molar-refractivity contribution in [1.29, 1.82) is 0 Å². The second-order valence-electron chi connectivity index (χ2n) is 7.48. The van der Waals surface area contributed by atoms with Gasteiger partial charge in [0.25, 0.3) is 0 Å². The van der Waals surface area contributed by atoms with Gasteiger partial charge in [-0.2, -0.15) is 0 Å². The number of anilines is 2. The lowest BCUT2D eigenvalue weighted by molar-refractivity contribution is 0.360. The van der Waals surface area contributed by atoms with E-state index in [1.54, 1.807) is 0 Å². The quantitative estimate of drug-likeness (QED) is 0.649. The highest BCUT2D eigenvalue weighted by Gasteiger charge is 2.38. The Morgan fingerprint density at radius 1 is 0.920 bits per heavy atom. The van der Waals surface area contributed by atoms with Crippen molar-refractivity contribution in [3.63, 3.8) is 0 Å². The molecule has 0 heterocycles. The summed E-state index contributed by atoms with van der Waals surface area (Å²) in [5, 5.41) is 3.09. The number of nitrogens with one attached hydrogen (secondary N) is 1. The topological polar surface area (TPSA) is 30.5 Å². The molecule has 0 aliphatic carbocycles. The molecular formula is C19H25F2NO2Si. The van der Waals surface area contributed by atoms with Crippen LogP contribution in [0.15, 0.2) is 36.4 Å². The lowest BCUT2D eigenvalue weighted by Crippen LogP contribution is -2.43. The molecule has 0 aliphatic heterocycles. The molecule has 25 heavy (non-hydrogen) atoms. The van der Waals surface area contributed by atoms with E-state index in [1.165, 1.54) is 19.2 Å². The predicted octanol–water partition coefficient (Wildman–Crippen LogP) is 6.10. The summed E-state index contributed by atoms with van der Waals surface area (Å²) in [6.45, 7) is 10.9. The number of ether oxygens (including phenoxy) is 1. The van der Waals surface area contributed by atoms with Crippen LogP contribution in [0, 0.1) is 11.6 Å². The molecule has 0 spiro atoms. The molecule has 0 unspecified atom stereocenters. The zero-order valence-electron chi connectivity index (χ0n) is 15.5. The molecule has 136 valence electrons. The first-order chi connectivity index (χ1) is 11.5. The van der Waals surface area contributed by atoms with Crippen molar-refractivity contribution in [2.24, 2.45) is 0 Å². The third kappa shape index (κ3) is 4.51. The largest absolute Gasteiger partial charge is 0.544 e. The fraction of sp³-hybridized carbons (Fsp3) is 0.368. The van der Waals surface area contributed by atoms with Crippen LogP contribution in [-0.4, -0.2) is 15.4 Å². The Labute approximate surface area is 149 Å². The first kappa shape index (κ1) is 19.2. The molecule has 0 bridgehead atoms. The summed E-state index contributed by atoms with van der Waals surface area (Å²) in [7, 11) is -0.664. The standard InChI is InChI=1S/C19H25F2NO2Si/c1-19(2,3)25(5,6)24-15-9-7-13(8-10-15)22-14-11-16(20)18(23-4)17(21)12-14/h7-12,22H,1-6H3. The Morgan fingerprint density at radius 2 is 1.44 bits per heavy atom. The van der Waals surface area contributed by atoms with Crippen molar-refractivity contribution in [2.45, 2.75) is 38.9 Å². The molecule has 6 heteroatoms. The van der Waals surface area contributed by atoms with Gasteiger partial charge < -0.3 is 14.5 Å². The van der Waals surface area contributed by atoms with E-state index in [9.17, 15) is 8.78 Å². The number of hydrogen-bond donors (Lipinski definition) is 1. The van der Waals surface area contributed by atoms with E-state index in [1.807, 2.05) is 24.3 Å². The minimum Gasteiger partial charge on any atom is -0.544 e. The van der Waals surface area contributed by atoms with Crippen LogP contribution in [0.3, 0.4) is 0 Å². The van der Waals surface area contributed by atoms with Crippen molar-refractivity contribution in [3.05, 3.63) is 48.0 Å².